The summed E-state index contributed by atoms with van der Waals surface area (Å²) in [5.74, 6) is 0.676. The minimum absolute atomic E-state index is 0.0543. The number of aromatic nitrogens is 4. The van der Waals surface area contributed by atoms with Crippen LogP contribution in [0.5, 0.6) is 0 Å². The van der Waals surface area contributed by atoms with Crippen LogP contribution in [0.2, 0.25) is 0 Å². The summed E-state index contributed by atoms with van der Waals surface area (Å²) in [5.41, 5.74) is -0.0543. The van der Waals surface area contributed by atoms with Gasteiger partial charge in [-0.25, -0.2) is 0 Å². The molecule has 0 fully saturated rings. The lowest BCUT2D eigenvalue weighted by Gasteiger charge is -2.12. The van der Waals surface area contributed by atoms with E-state index in [0.29, 0.717) is 5.82 Å². The number of hydrogen-bond acceptors (Lipinski definition) is 4. The van der Waals surface area contributed by atoms with E-state index in [4.69, 9.17) is 0 Å². The van der Waals surface area contributed by atoms with Crippen molar-refractivity contribution in [3.63, 3.8) is 0 Å². The second-order valence-corrected chi connectivity index (χ2v) is 3.12. The Morgan fingerprint density at radius 1 is 1.10 bits per heavy atom. The Morgan fingerprint density at radius 3 is 1.90 bits per heavy atom. The molecule has 0 aromatic carbocycles. The summed E-state index contributed by atoms with van der Waals surface area (Å²) in [4.78, 5) is 0. The highest BCUT2D eigenvalue weighted by Crippen LogP contribution is 2.14. The highest BCUT2D eigenvalue weighted by molar-refractivity contribution is 4.95. The van der Waals surface area contributed by atoms with Gasteiger partial charge in [-0.1, -0.05) is 20.8 Å². The molecular weight excluding hydrogens is 128 g/mol. The molecule has 0 aliphatic heterocycles. The van der Waals surface area contributed by atoms with E-state index in [2.05, 4.69) is 20.4 Å². The Hall–Kier alpha value is -1.06. The monoisotopic (exact) mass is 138 g/mol. The Kier molecular flexibility index (Phi) is 1.61. The molecule has 4 nitrogen and oxygen atoms in total. The Bertz CT molecular complexity index is 201. The van der Waals surface area contributed by atoms with Gasteiger partial charge >= 0.3 is 0 Å². The van der Waals surface area contributed by atoms with Crippen LogP contribution in [0.4, 0.5) is 0 Å². The van der Waals surface area contributed by atoms with Crippen LogP contribution in [0.25, 0.3) is 0 Å². The van der Waals surface area contributed by atoms with Crippen molar-refractivity contribution in [2.75, 3.05) is 0 Å². The molecular formula is C6H10N4. The van der Waals surface area contributed by atoms with Crippen molar-refractivity contribution in [1.29, 1.82) is 0 Å². The van der Waals surface area contributed by atoms with Gasteiger partial charge in [0.15, 0.2) is 12.2 Å². The van der Waals surface area contributed by atoms with Crippen molar-refractivity contribution < 1.29 is 0 Å². The lowest BCUT2D eigenvalue weighted by molar-refractivity contribution is 0.518. The Labute approximate surface area is 59.7 Å². The molecule has 1 rings (SSSR count). The summed E-state index contributed by atoms with van der Waals surface area (Å²) in [6, 6.07) is 0. The molecule has 4 heteroatoms. The predicted octanol–water partition coefficient (Wildman–Crippen LogP) is 0.564. The van der Waals surface area contributed by atoms with Gasteiger partial charge in [-0.05, 0) is 0 Å². The van der Waals surface area contributed by atoms with E-state index in [0.717, 1.165) is 0 Å². The zero-order valence-electron chi connectivity index (χ0n) is 6.37. The summed E-state index contributed by atoms with van der Waals surface area (Å²) in [7, 11) is 0. The van der Waals surface area contributed by atoms with Crippen molar-refractivity contribution in [3.05, 3.63) is 12.2 Å². The van der Waals surface area contributed by atoms with Gasteiger partial charge < -0.3 is 0 Å². The van der Waals surface area contributed by atoms with Gasteiger partial charge in [-0.3, -0.25) is 0 Å². The van der Waals surface area contributed by atoms with Gasteiger partial charge in [0.05, 0.1) is 0 Å². The van der Waals surface area contributed by atoms with Crippen molar-refractivity contribution in [2.24, 2.45) is 0 Å². The van der Waals surface area contributed by atoms with Crippen LogP contribution in [0.15, 0.2) is 6.33 Å². The molecule has 1 aromatic rings. The average Bonchev–Trinajstić information content (AvgIpc) is 1.88. The molecule has 54 valence electrons. The van der Waals surface area contributed by atoms with E-state index in [1.54, 1.807) is 0 Å². The third-order valence-electron chi connectivity index (χ3n) is 1.08. The summed E-state index contributed by atoms with van der Waals surface area (Å²) in [5, 5.41) is 14.9. The maximum atomic E-state index is 3.83. The van der Waals surface area contributed by atoms with Crippen LogP contribution in [0, 0.1) is 0 Å². The van der Waals surface area contributed by atoms with Gasteiger partial charge in [0, 0.05) is 5.41 Å². The normalized spacial score (nSPS) is 11.5. The third kappa shape index (κ3) is 1.46. The second-order valence-electron chi connectivity index (χ2n) is 3.12. The van der Waals surface area contributed by atoms with E-state index in [-0.39, 0.29) is 5.41 Å². The molecule has 1 heterocycles. The van der Waals surface area contributed by atoms with E-state index >= 15 is 0 Å². The Balaban J connectivity index is 2.97. The highest BCUT2D eigenvalue weighted by Gasteiger charge is 2.17. The van der Waals surface area contributed by atoms with Crippen LogP contribution in [0.3, 0.4) is 0 Å². The van der Waals surface area contributed by atoms with E-state index < -0.39 is 0 Å². The minimum atomic E-state index is -0.0543. The van der Waals surface area contributed by atoms with Crippen LogP contribution in [-0.4, -0.2) is 20.4 Å². The first kappa shape index (κ1) is 7.05. The van der Waals surface area contributed by atoms with Crippen LogP contribution in [-0.2, 0) is 5.41 Å². The molecule has 0 unspecified atom stereocenters. The molecule has 0 aliphatic carbocycles. The molecule has 0 radical (unpaired) electrons. The fraction of sp³-hybridized carbons (Fsp3) is 0.667. The summed E-state index contributed by atoms with van der Waals surface area (Å²) < 4.78 is 0. The van der Waals surface area contributed by atoms with Crippen LogP contribution >= 0.6 is 0 Å². The SMILES string of the molecule is CC(C)(C)c1nncnn1. The first-order chi connectivity index (χ1) is 4.61. The lowest BCUT2D eigenvalue weighted by Crippen LogP contribution is -2.17. The molecule has 1 aromatic heterocycles. The summed E-state index contributed by atoms with van der Waals surface area (Å²) in [6.07, 6.45) is 1.33. The largest absolute Gasteiger partial charge is 0.178 e. The van der Waals surface area contributed by atoms with Crippen LogP contribution in [0.1, 0.15) is 26.6 Å². The number of rotatable bonds is 0. The van der Waals surface area contributed by atoms with Crippen molar-refractivity contribution in [1.82, 2.24) is 20.4 Å². The highest BCUT2D eigenvalue weighted by atomic mass is 15.3. The smallest absolute Gasteiger partial charge is 0.135 e. The van der Waals surface area contributed by atoms with Crippen molar-refractivity contribution >= 4 is 0 Å². The van der Waals surface area contributed by atoms with Gasteiger partial charge in [-0.2, -0.15) is 0 Å². The number of hydrogen-bond donors (Lipinski definition) is 0. The Morgan fingerprint density at radius 2 is 1.60 bits per heavy atom. The van der Waals surface area contributed by atoms with E-state index in [9.17, 15) is 0 Å². The summed E-state index contributed by atoms with van der Waals surface area (Å²) in [6.45, 7) is 6.06. The van der Waals surface area contributed by atoms with Crippen molar-refractivity contribution in [2.45, 2.75) is 26.2 Å². The molecule has 0 saturated carbocycles. The van der Waals surface area contributed by atoms with Crippen LogP contribution < -0.4 is 0 Å². The van der Waals surface area contributed by atoms with Gasteiger partial charge in [0.1, 0.15) is 0 Å². The fourth-order valence-corrected chi connectivity index (χ4v) is 0.504. The number of nitrogens with zero attached hydrogens (tertiary/aromatic N) is 4. The zero-order chi connectivity index (χ0) is 7.61. The van der Waals surface area contributed by atoms with Gasteiger partial charge in [0.2, 0.25) is 0 Å². The molecule has 10 heavy (non-hydrogen) atoms. The van der Waals surface area contributed by atoms with Crippen molar-refractivity contribution in [3.8, 4) is 0 Å². The topological polar surface area (TPSA) is 51.6 Å². The third-order valence-corrected chi connectivity index (χ3v) is 1.08. The first-order valence-electron chi connectivity index (χ1n) is 3.11. The molecule has 0 bridgehead atoms. The molecule has 0 amide bonds. The average molecular weight is 138 g/mol. The van der Waals surface area contributed by atoms with Gasteiger partial charge in [0.25, 0.3) is 0 Å². The minimum Gasteiger partial charge on any atom is -0.135 e. The fourth-order valence-electron chi connectivity index (χ4n) is 0.504. The second kappa shape index (κ2) is 2.28. The summed E-state index contributed by atoms with van der Waals surface area (Å²) >= 11 is 0. The first-order valence-corrected chi connectivity index (χ1v) is 3.11. The lowest BCUT2D eigenvalue weighted by atomic mass is 9.96. The molecule has 0 atom stereocenters. The predicted molar refractivity (Wildman–Crippen MR) is 36.3 cm³/mol. The van der Waals surface area contributed by atoms with Gasteiger partial charge in [-0.15, -0.1) is 20.4 Å². The molecule has 0 aliphatic rings. The standard InChI is InChI=1S/C6H10N4/c1-6(2,3)5-9-7-4-8-10-5/h4H,1-3H3. The maximum Gasteiger partial charge on any atom is 0.178 e. The quantitative estimate of drug-likeness (QED) is 0.525. The van der Waals surface area contributed by atoms with E-state index in [1.165, 1.54) is 6.33 Å². The maximum absolute atomic E-state index is 3.83. The molecule has 0 saturated heterocycles. The molecule has 0 N–H and O–H groups in total. The van der Waals surface area contributed by atoms with E-state index in [1.807, 2.05) is 20.8 Å². The zero-order valence-corrected chi connectivity index (χ0v) is 6.37. The molecule has 0 spiro atoms.